The predicted molar refractivity (Wildman–Crippen MR) is 110 cm³/mol. The van der Waals surface area contributed by atoms with Crippen LogP contribution in [0.15, 0.2) is 30.3 Å². The normalized spacial score (nSPS) is 14.9. The summed E-state index contributed by atoms with van der Waals surface area (Å²) in [6, 6.07) is 8.46. The van der Waals surface area contributed by atoms with Crippen molar-refractivity contribution in [3.05, 3.63) is 47.2 Å². The van der Waals surface area contributed by atoms with Crippen LogP contribution >= 0.6 is 11.7 Å². The first kappa shape index (κ1) is 22.5. The third kappa shape index (κ3) is 6.65. The van der Waals surface area contributed by atoms with Gasteiger partial charge in [0, 0.05) is 19.0 Å². The lowest BCUT2D eigenvalue weighted by Gasteiger charge is -2.22. The molecular weight excluding hydrogens is 394 g/mol. The Bertz CT molecular complexity index is 869. The van der Waals surface area contributed by atoms with Gasteiger partial charge in [-0.1, -0.05) is 37.3 Å². The zero-order chi connectivity index (χ0) is 21.4. The van der Waals surface area contributed by atoms with Gasteiger partial charge in [-0.05, 0) is 37.1 Å². The molecule has 1 aliphatic rings. The summed E-state index contributed by atoms with van der Waals surface area (Å²) in [5.74, 6) is -2.64. The summed E-state index contributed by atoms with van der Waals surface area (Å²) in [7, 11) is 2.13. The van der Waals surface area contributed by atoms with E-state index in [1.54, 1.807) is 0 Å². The molecule has 0 fully saturated rings. The first-order valence-corrected chi connectivity index (χ1v) is 9.87. The maximum atomic E-state index is 9.10. The van der Waals surface area contributed by atoms with Crippen LogP contribution in [0, 0.1) is 6.92 Å². The van der Waals surface area contributed by atoms with E-state index in [9.17, 15) is 0 Å². The molecule has 0 saturated heterocycles. The van der Waals surface area contributed by atoms with E-state index in [1.807, 2.05) is 0 Å². The minimum Gasteiger partial charge on any atom is -0.475 e. The van der Waals surface area contributed by atoms with E-state index in [4.69, 9.17) is 24.5 Å². The highest BCUT2D eigenvalue weighted by molar-refractivity contribution is 6.99. The van der Waals surface area contributed by atoms with Crippen LogP contribution in [0.4, 0.5) is 0 Å². The molecule has 0 amide bonds. The Morgan fingerprint density at radius 1 is 1.24 bits per heavy atom. The van der Waals surface area contributed by atoms with Gasteiger partial charge in [0.2, 0.25) is 0 Å². The first-order chi connectivity index (χ1) is 13.8. The average Bonchev–Trinajstić information content (AvgIpc) is 3.15. The van der Waals surface area contributed by atoms with Crippen molar-refractivity contribution in [1.82, 2.24) is 13.6 Å². The summed E-state index contributed by atoms with van der Waals surface area (Å²) < 4.78 is 14.8. The number of carboxylic acids is 2. The summed E-state index contributed by atoms with van der Waals surface area (Å²) in [6.07, 6.45) is 3.32. The molecule has 29 heavy (non-hydrogen) atoms. The smallest absolute Gasteiger partial charge is 0.414 e. The van der Waals surface area contributed by atoms with Gasteiger partial charge in [-0.3, -0.25) is 0 Å². The van der Waals surface area contributed by atoms with E-state index in [-0.39, 0.29) is 0 Å². The number of carboxylic acid groups (broad SMARTS) is 2. The minimum atomic E-state index is -1.82. The summed E-state index contributed by atoms with van der Waals surface area (Å²) in [5.41, 5.74) is 4.77. The van der Waals surface area contributed by atoms with Gasteiger partial charge in [0.05, 0.1) is 18.3 Å². The molecular formula is C20H25N3O5S. The molecule has 0 radical (unpaired) electrons. The molecule has 2 heterocycles. The van der Waals surface area contributed by atoms with Crippen LogP contribution in [0.1, 0.15) is 36.1 Å². The highest BCUT2D eigenvalue weighted by Gasteiger charge is 2.19. The topological polar surface area (TPSA) is 113 Å². The number of rotatable bonds is 5. The third-order valence-electron chi connectivity index (χ3n) is 4.48. The molecule has 1 atom stereocenters. The van der Waals surface area contributed by atoms with Crippen LogP contribution in [0.2, 0.25) is 0 Å². The van der Waals surface area contributed by atoms with Gasteiger partial charge in [0.1, 0.15) is 5.69 Å². The van der Waals surface area contributed by atoms with E-state index in [2.05, 4.69) is 64.9 Å². The Morgan fingerprint density at radius 3 is 2.55 bits per heavy atom. The number of nitrogens with zero attached hydrogens (tertiary/aromatic N) is 3. The number of hydrogen-bond acceptors (Lipinski definition) is 7. The molecule has 0 aliphatic carbocycles. The summed E-state index contributed by atoms with van der Waals surface area (Å²) in [6.45, 7) is 6.96. The second kappa shape index (κ2) is 10.7. The molecule has 8 nitrogen and oxygen atoms in total. The molecule has 156 valence electrons. The fourth-order valence-electron chi connectivity index (χ4n) is 2.97. The van der Waals surface area contributed by atoms with Gasteiger partial charge in [0.15, 0.2) is 0 Å². The van der Waals surface area contributed by atoms with Gasteiger partial charge >= 0.3 is 11.9 Å². The molecule has 2 aromatic rings. The maximum absolute atomic E-state index is 9.10. The van der Waals surface area contributed by atoms with Gasteiger partial charge in [-0.25, -0.2) is 9.59 Å². The molecule has 0 saturated carbocycles. The Kier molecular flexibility index (Phi) is 8.29. The monoisotopic (exact) mass is 419 g/mol. The molecule has 0 bridgehead atoms. The van der Waals surface area contributed by atoms with E-state index in [0.29, 0.717) is 18.4 Å². The van der Waals surface area contributed by atoms with E-state index >= 15 is 0 Å². The summed E-state index contributed by atoms with van der Waals surface area (Å²) in [5, 5.41) is 14.8. The second-order valence-electron chi connectivity index (χ2n) is 6.85. The Labute approximate surface area is 173 Å². The van der Waals surface area contributed by atoms with Crippen molar-refractivity contribution in [2.45, 2.75) is 26.2 Å². The van der Waals surface area contributed by atoms with Crippen molar-refractivity contribution in [1.29, 1.82) is 0 Å². The molecule has 1 aliphatic heterocycles. The second-order valence-corrected chi connectivity index (χ2v) is 7.38. The van der Waals surface area contributed by atoms with Gasteiger partial charge in [-0.15, -0.1) is 4.37 Å². The molecule has 1 aromatic carbocycles. The number of aromatic nitrogens is 2. The van der Waals surface area contributed by atoms with E-state index in [0.717, 1.165) is 25.2 Å². The molecule has 2 N–H and O–H groups in total. The van der Waals surface area contributed by atoms with Crippen LogP contribution in [-0.4, -0.2) is 62.5 Å². The number of aryl methyl sites for hydroxylation is 1. The lowest BCUT2D eigenvalue weighted by atomic mass is 9.97. The zero-order valence-corrected chi connectivity index (χ0v) is 17.5. The van der Waals surface area contributed by atoms with Gasteiger partial charge < -0.3 is 19.8 Å². The number of aliphatic carboxylic acids is 2. The standard InChI is InChI=1S/C18H23N3OS.C2H2O4/c1-13-7-4-5-9-16(13)14(2)12-22-18-17(19-23-20-18)15-8-6-10-21(3)11-15;3-1(4)2(5)6/h4-5,7-9,14H,6,10-12H2,1-3H3;(H,3,4)(H,5,6). The van der Waals surface area contributed by atoms with Crippen molar-refractivity contribution in [3.63, 3.8) is 0 Å². The largest absolute Gasteiger partial charge is 0.475 e. The van der Waals surface area contributed by atoms with Crippen LogP contribution < -0.4 is 4.74 Å². The first-order valence-electron chi connectivity index (χ1n) is 9.14. The predicted octanol–water partition coefficient (Wildman–Crippen LogP) is 2.90. The fourth-order valence-corrected chi connectivity index (χ4v) is 3.50. The van der Waals surface area contributed by atoms with E-state index < -0.39 is 11.9 Å². The Hall–Kier alpha value is -2.78. The highest BCUT2D eigenvalue weighted by Crippen LogP contribution is 2.28. The Balaban J connectivity index is 0.000000438. The van der Waals surface area contributed by atoms with Crippen LogP contribution in [0.5, 0.6) is 5.88 Å². The lowest BCUT2D eigenvalue weighted by Crippen LogP contribution is -2.25. The van der Waals surface area contributed by atoms with Crippen LogP contribution in [0.25, 0.3) is 5.57 Å². The average molecular weight is 420 g/mol. The summed E-state index contributed by atoms with van der Waals surface area (Å²) in [4.78, 5) is 20.5. The molecule has 3 rings (SSSR count). The number of carbonyl (C=O) groups is 2. The van der Waals surface area contributed by atoms with Crippen molar-refractivity contribution < 1.29 is 24.5 Å². The SMILES string of the molecule is Cc1ccccc1C(C)COc1nsnc1C1=CCCN(C)C1.O=C(O)C(=O)O. The highest BCUT2D eigenvalue weighted by atomic mass is 32.1. The van der Waals surface area contributed by atoms with Crippen molar-refractivity contribution >= 4 is 29.2 Å². The third-order valence-corrected chi connectivity index (χ3v) is 4.99. The van der Waals surface area contributed by atoms with Crippen molar-refractivity contribution in [2.24, 2.45) is 0 Å². The minimum absolute atomic E-state index is 0.328. The Morgan fingerprint density at radius 2 is 1.93 bits per heavy atom. The van der Waals surface area contributed by atoms with Crippen LogP contribution in [0.3, 0.4) is 0 Å². The van der Waals surface area contributed by atoms with Crippen molar-refractivity contribution in [2.75, 3.05) is 26.7 Å². The number of hydrogen-bond donors (Lipinski definition) is 2. The van der Waals surface area contributed by atoms with Crippen LogP contribution in [-0.2, 0) is 9.59 Å². The fraction of sp³-hybridized carbons (Fsp3) is 0.400. The summed E-state index contributed by atoms with van der Waals surface area (Å²) >= 11 is 1.23. The quantitative estimate of drug-likeness (QED) is 0.712. The van der Waals surface area contributed by atoms with Gasteiger partial charge in [-0.2, -0.15) is 4.37 Å². The molecule has 1 unspecified atom stereocenters. The molecule has 0 spiro atoms. The molecule has 9 heteroatoms. The van der Waals surface area contributed by atoms with Gasteiger partial charge in [0.25, 0.3) is 5.88 Å². The number of likely N-dealkylation sites (N-methyl/N-ethyl adjacent to an activating group) is 1. The van der Waals surface area contributed by atoms with Crippen molar-refractivity contribution in [3.8, 4) is 5.88 Å². The number of benzene rings is 1. The maximum Gasteiger partial charge on any atom is 0.414 e. The number of ether oxygens (including phenoxy) is 1. The van der Waals surface area contributed by atoms with E-state index in [1.165, 1.54) is 28.4 Å². The lowest BCUT2D eigenvalue weighted by molar-refractivity contribution is -0.159. The molecule has 1 aromatic heterocycles. The zero-order valence-electron chi connectivity index (χ0n) is 16.7.